The van der Waals surface area contributed by atoms with Gasteiger partial charge in [0.05, 0.1) is 30.6 Å². The van der Waals surface area contributed by atoms with Gasteiger partial charge in [-0.05, 0) is 26.2 Å². The van der Waals surface area contributed by atoms with E-state index in [9.17, 15) is 19.5 Å². The molecule has 3 heterocycles. The summed E-state index contributed by atoms with van der Waals surface area (Å²) in [5.74, 6) is -2.08. The lowest BCUT2D eigenvalue weighted by atomic mass is 9.70. The molecule has 36 heavy (non-hydrogen) atoms. The molecule has 1 N–H and O–H groups in total. The molecule has 3 rings (SSSR count). The summed E-state index contributed by atoms with van der Waals surface area (Å²) in [7, 11) is 0. The summed E-state index contributed by atoms with van der Waals surface area (Å²) in [5.41, 5.74) is -1.12. The minimum atomic E-state index is -1.12. The van der Waals surface area contributed by atoms with Gasteiger partial charge in [0, 0.05) is 31.0 Å². The van der Waals surface area contributed by atoms with Crippen molar-refractivity contribution in [3.05, 3.63) is 25.3 Å². The van der Waals surface area contributed by atoms with Gasteiger partial charge in [-0.3, -0.25) is 14.4 Å². The number of aliphatic hydroxyl groups is 1. The lowest BCUT2D eigenvalue weighted by Gasteiger charge is -2.38. The van der Waals surface area contributed by atoms with Crippen molar-refractivity contribution in [3.8, 4) is 0 Å². The van der Waals surface area contributed by atoms with Gasteiger partial charge in [-0.25, -0.2) is 0 Å². The standard InChI is InChI=1S/C27H42BrN3O5/c1-6-10-11-15-30(14-9-4)26(35)23-27-16-19(28)22(36-27)20(24(33)29(12-7-2)13-8-3)21(27)25(34)31(23)18(5)17-32/h7,9,18-23,32H,2,4,6,8,10-17H2,1,3,5H3/t18-,19?,20+,21+,22+,23?,27?/m1/s1. The van der Waals surface area contributed by atoms with Crippen molar-refractivity contribution in [2.24, 2.45) is 11.8 Å². The van der Waals surface area contributed by atoms with Crippen molar-refractivity contribution in [2.75, 3.05) is 32.8 Å². The van der Waals surface area contributed by atoms with Crippen LogP contribution in [0, 0.1) is 11.8 Å². The number of likely N-dealkylation sites (tertiary alicyclic amines) is 1. The molecule has 3 fully saturated rings. The van der Waals surface area contributed by atoms with E-state index in [1.165, 1.54) is 4.90 Å². The van der Waals surface area contributed by atoms with E-state index in [4.69, 9.17) is 4.74 Å². The molecular weight excluding hydrogens is 526 g/mol. The highest BCUT2D eigenvalue weighted by molar-refractivity contribution is 9.09. The highest BCUT2D eigenvalue weighted by Crippen LogP contribution is 2.60. The van der Waals surface area contributed by atoms with Crippen LogP contribution in [0.1, 0.15) is 52.9 Å². The summed E-state index contributed by atoms with van der Waals surface area (Å²) in [6.45, 7) is 15.0. The van der Waals surface area contributed by atoms with Gasteiger partial charge >= 0.3 is 0 Å². The zero-order valence-corrected chi connectivity index (χ0v) is 23.5. The summed E-state index contributed by atoms with van der Waals surface area (Å²) in [4.78, 5) is 46.8. The van der Waals surface area contributed by atoms with Gasteiger partial charge in [0.1, 0.15) is 11.6 Å². The average molecular weight is 569 g/mol. The Morgan fingerprint density at radius 3 is 2.36 bits per heavy atom. The predicted molar refractivity (Wildman–Crippen MR) is 142 cm³/mol. The van der Waals surface area contributed by atoms with Crippen LogP contribution in [0.2, 0.25) is 0 Å². The number of nitrogens with zero attached hydrogens (tertiary/aromatic N) is 3. The fourth-order valence-corrected chi connectivity index (χ4v) is 7.23. The lowest BCUT2D eigenvalue weighted by Crippen LogP contribution is -2.58. The van der Waals surface area contributed by atoms with E-state index in [2.05, 4.69) is 36.0 Å². The molecular formula is C27H42BrN3O5. The molecule has 3 saturated heterocycles. The molecule has 3 amide bonds. The topological polar surface area (TPSA) is 90.4 Å². The molecule has 2 bridgehead atoms. The van der Waals surface area contributed by atoms with Crippen molar-refractivity contribution in [2.45, 2.75) is 81.5 Å². The second-order valence-electron chi connectivity index (χ2n) is 10.3. The summed E-state index contributed by atoms with van der Waals surface area (Å²) >= 11 is 3.72. The maximum atomic E-state index is 14.2. The summed E-state index contributed by atoms with van der Waals surface area (Å²) in [5, 5.41) is 10.0. The molecule has 1 spiro atoms. The van der Waals surface area contributed by atoms with Crippen LogP contribution in [0.4, 0.5) is 0 Å². The normalized spacial score (nSPS) is 31.3. The molecule has 0 radical (unpaired) electrons. The second kappa shape index (κ2) is 12.2. The van der Waals surface area contributed by atoms with E-state index in [-0.39, 0.29) is 29.2 Å². The van der Waals surface area contributed by atoms with E-state index in [0.29, 0.717) is 32.6 Å². The molecule has 3 unspecified atom stereocenters. The van der Waals surface area contributed by atoms with Crippen molar-refractivity contribution in [1.82, 2.24) is 14.7 Å². The Morgan fingerprint density at radius 2 is 1.81 bits per heavy atom. The van der Waals surface area contributed by atoms with Crippen molar-refractivity contribution in [3.63, 3.8) is 0 Å². The van der Waals surface area contributed by atoms with Crippen LogP contribution >= 0.6 is 15.9 Å². The SMILES string of the molecule is C=CCN(CCCCC)C(=O)C1N([C@H](C)CO)C(=O)[C@@H]2[C@H](C(=O)N(CC=C)CCC)[C@H]3OC12CC3Br. The molecule has 0 saturated carbocycles. The number of alkyl halides is 1. The summed E-state index contributed by atoms with van der Waals surface area (Å²) < 4.78 is 6.58. The minimum Gasteiger partial charge on any atom is -0.394 e. The van der Waals surface area contributed by atoms with Crippen molar-refractivity contribution in [1.29, 1.82) is 0 Å². The third kappa shape index (κ3) is 4.90. The number of unbranched alkanes of at least 4 members (excludes halogenated alkanes) is 2. The first-order valence-electron chi connectivity index (χ1n) is 13.3. The molecule has 0 aromatic carbocycles. The number of carbonyl (C=O) groups excluding carboxylic acids is 3. The number of carbonyl (C=O) groups is 3. The molecule has 3 aliphatic heterocycles. The largest absolute Gasteiger partial charge is 0.394 e. The zero-order valence-electron chi connectivity index (χ0n) is 21.9. The van der Waals surface area contributed by atoms with Crippen molar-refractivity contribution >= 4 is 33.7 Å². The number of halogens is 1. The highest BCUT2D eigenvalue weighted by atomic mass is 79.9. The average Bonchev–Trinajstić information content (AvgIpc) is 3.45. The smallest absolute Gasteiger partial charge is 0.248 e. The minimum absolute atomic E-state index is 0.137. The molecule has 7 atom stereocenters. The van der Waals surface area contributed by atoms with Crippen molar-refractivity contribution < 1.29 is 24.2 Å². The number of fused-ring (bicyclic) bond motifs is 1. The molecule has 202 valence electrons. The lowest BCUT2D eigenvalue weighted by molar-refractivity contribution is -0.151. The Kier molecular flexibility index (Phi) is 9.80. The highest BCUT2D eigenvalue weighted by Gasteiger charge is 2.77. The van der Waals surface area contributed by atoms with Crippen LogP contribution in [-0.4, -0.2) is 98.9 Å². The quantitative estimate of drug-likeness (QED) is 0.198. The van der Waals surface area contributed by atoms with Crippen LogP contribution in [-0.2, 0) is 19.1 Å². The summed E-state index contributed by atoms with van der Waals surface area (Å²) in [6, 6.07) is -1.49. The van der Waals surface area contributed by atoms with E-state index in [1.807, 2.05) is 6.92 Å². The van der Waals surface area contributed by atoms with Gasteiger partial charge in [-0.2, -0.15) is 0 Å². The van der Waals surface area contributed by atoms with Crippen LogP contribution in [0.25, 0.3) is 0 Å². The van der Waals surface area contributed by atoms with Gasteiger partial charge < -0.3 is 24.5 Å². The van der Waals surface area contributed by atoms with Gasteiger partial charge in [0.2, 0.25) is 17.7 Å². The Labute approximate surface area is 223 Å². The Bertz CT molecular complexity index is 853. The molecule has 9 heteroatoms. The predicted octanol–water partition coefficient (Wildman–Crippen LogP) is 2.74. The first kappa shape index (κ1) is 28.9. The van der Waals surface area contributed by atoms with Crippen LogP contribution < -0.4 is 0 Å². The van der Waals surface area contributed by atoms with Gasteiger partial charge in [-0.1, -0.05) is 54.8 Å². The first-order chi connectivity index (χ1) is 17.2. The van der Waals surface area contributed by atoms with Gasteiger partial charge in [0.15, 0.2) is 0 Å². The van der Waals surface area contributed by atoms with E-state index in [0.717, 1.165) is 25.7 Å². The fourth-order valence-electron chi connectivity index (χ4n) is 6.29. The molecule has 8 nitrogen and oxygen atoms in total. The van der Waals surface area contributed by atoms with Gasteiger partial charge in [0.25, 0.3) is 0 Å². The number of hydrogen-bond acceptors (Lipinski definition) is 5. The number of aliphatic hydroxyl groups excluding tert-OH is 1. The fraction of sp³-hybridized carbons (Fsp3) is 0.741. The third-order valence-electron chi connectivity index (χ3n) is 7.83. The monoisotopic (exact) mass is 567 g/mol. The molecule has 3 aliphatic rings. The Morgan fingerprint density at radius 1 is 1.17 bits per heavy atom. The van der Waals surface area contributed by atoms with Crippen LogP contribution in [0.3, 0.4) is 0 Å². The number of amides is 3. The van der Waals surface area contributed by atoms with E-state index < -0.39 is 35.6 Å². The van der Waals surface area contributed by atoms with Gasteiger partial charge in [-0.15, -0.1) is 13.2 Å². The number of rotatable bonds is 14. The number of hydrogen-bond donors (Lipinski definition) is 1. The van der Waals surface area contributed by atoms with E-state index >= 15 is 0 Å². The van der Waals surface area contributed by atoms with E-state index in [1.54, 1.807) is 28.9 Å². The first-order valence-corrected chi connectivity index (χ1v) is 14.2. The summed E-state index contributed by atoms with van der Waals surface area (Å²) in [6.07, 6.45) is 6.99. The molecule has 0 aliphatic carbocycles. The maximum absolute atomic E-state index is 14.2. The third-order valence-corrected chi connectivity index (χ3v) is 8.68. The van der Waals surface area contributed by atoms with Crippen LogP contribution in [0.5, 0.6) is 0 Å². The van der Waals surface area contributed by atoms with Crippen LogP contribution in [0.15, 0.2) is 25.3 Å². The zero-order chi connectivity index (χ0) is 26.6. The second-order valence-corrected chi connectivity index (χ2v) is 11.5. The number of ether oxygens (including phenoxy) is 1. The Balaban J connectivity index is 2.05. The molecule has 0 aromatic rings. The Hall–Kier alpha value is -1.71. The molecule has 0 aromatic heterocycles. The maximum Gasteiger partial charge on any atom is 0.248 e.